The van der Waals surface area contributed by atoms with Crippen molar-refractivity contribution in [2.45, 2.75) is 6.42 Å². The van der Waals surface area contributed by atoms with Crippen LogP contribution in [0.4, 0.5) is 4.39 Å². The Balaban J connectivity index is 2.07. The number of carbonyl (C=O) groups is 1. The minimum Gasteiger partial charge on any atom is -0.385 e. The lowest BCUT2D eigenvalue weighted by Gasteiger charge is -2.12. The topological polar surface area (TPSA) is 73.2 Å². The van der Waals surface area contributed by atoms with E-state index >= 15 is 0 Å². The highest BCUT2D eigenvalue weighted by Crippen LogP contribution is 2.16. The molecule has 0 aliphatic carbocycles. The van der Waals surface area contributed by atoms with Crippen molar-refractivity contribution < 1.29 is 13.9 Å². The molecule has 134 valence electrons. The average Bonchev–Trinajstić information content (AvgIpc) is 2.66. The maximum Gasteiger partial charge on any atom is 0.275 e. The normalized spacial score (nSPS) is 10.8. The number of carbonyl (C=O) groups excluding carboxylic acids is 1. The molecule has 0 aliphatic heterocycles. The van der Waals surface area contributed by atoms with Crippen LogP contribution in [0.5, 0.6) is 0 Å². The lowest BCUT2D eigenvalue weighted by Crippen LogP contribution is -2.32. The van der Waals surface area contributed by atoms with Gasteiger partial charge in [0.25, 0.3) is 5.91 Å². The molecular formula is C19H18FN3O3. The number of hydrogen-bond donors (Lipinski definition) is 1. The molecule has 1 heterocycles. The quantitative estimate of drug-likeness (QED) is 0.689. The first-order valence-corrected chi connectivity index (χ1v) is 8.17. The fourth-order valence-corrected chi connectivity index (χ4v) is 2.61. The van der Waals surface area contributed by atoms with Crippen LogP contribution in [0, 0.1) is 5.82 Å². The number of ether oxygens (including phenoxy) is 1. The van der Waals surface area contributed by atoms with Gasteiger partial charge in [-0.25, -0.2) is 9.07 Å². The first kappa shape index (κ1) is 17.8. The number of amides is 1. The number of nitrogens with zero attached hydrogens (tertiary/aromatic N) is 2. The lowest BCUT2D eigenvalue weighted by atomic mass is 10.2. The van der Waals surface area contributed by atoms with Crippen molar-refractivity contribution in [1.82, 2.24) is 15.1 Å². The molecule has 0 saturated carbocycles. The van der Waals surface area contributed by atoms with Crippen molar-refractivity contribution in [2.24, 2.45) is 0 Å². The van der Waals surface area contributed by atoms with Gasteiger partial charge in [-0.3, -0.25) is 9.59 Å². The molecule has 3 rings (SSSR count). The summed E-state index contributed by atoms with van der Waals surface area (Å²) in [6, 6.07) is 12.5. The number of fused-ring (bicyclic) bond motifs is 1. The van der Waals surface area contributed by atoms with E-state index < -0.39 is 11.3 Å². The maximum absolute atomic E-state index is 13.2. The highest BCUT2D eigenvalue weighted by Gasteiger charge is 2.17. The number of halogens is 1. The first-order valence-electron chi connectivity index (χ1n) is 8.17. The molecule has 7 heteroatoms. The monoisotopic (exact) mass is 355 g/mol. The van der Waals surface area contributed by atoms with Gasteiger partial charge in [0.1, 0.15) is 5.82 Å². The van der Waals surface area contributed by atoms with E-state index in [2.05, 4.69) is 10.4 Å². The summed E-state index contributed by atoms with van der Waals surface area (Å²) in [6.07, 6.45) is 0.627. The summed E-state index contributed by atoms with van der Waals surface area (Å²) in [5.74, 6) is -0.928. The molecule has 6 nitrogen and oxygen atoms in total. The molecule has 0 spiro atoms. The third-order valence-corrected chi connectivity index (χ3v) is 3.89. The van der Waals surface area contributed by atoms with E-state index in [-0.39, 0.29) is 11.5 Å². The second-order valence-corrected chi connectivity index (χ2v) is 5.69. The summed E-state index contributed by atoms with van der Waals surface area (Å²) in [4.78, 5) is 25.1. The minimum atomic E-state index is -0.548. The van der Waals surface area contributed by atoms with E-state index in [0.717, 1.165) is 0 Å². The van der Waals surface area contributed by atoms with Gasteiger partial charge in [-0.05, 0) is 42.8 Å². The SMILES string of the molecule is COCCCNC(=O)c1nn(-c2ccc(F)cc2)c2ccccc2c1=O. The Hall–Kier alpha value is -3.06. The molecule has 0 bridgehead atoms. The number of methoxy groups -OCH3 is 1. The van der Waals surface area contributed by atoms with Crippen LogP contribution in [0.25, 0.3) is 16.6 Å². The summed E-state index contributed by atoms with van der Waals surface area (Å²) < 4.78 is 19.6. The van der Waals surface area contributed by atoms with Crippen molar-refractivity contribution in [1.29, 1.82) is 0 Å². The zero-order valence-corrected chi connectivity index (χ0v) is 14.2. The van der Waals surface area contributed by atoms with Gasteiger partial charge in [-0.1, -0.05) is 12.1 Å². The summed E-state index contributed by atoms with van der Waals surface area (Å²) in [5, 5.41) is 7.28. The lowest BCUT2D eigenvalue weighted by molar-refractivity contribution is 0.0941. The molecule has 0 atom stereocenters. The van der Waals surface area contributed by atoms with Crippen molar-refractivity contribution in [3.8, 4) is 5.69 Å². The van der Waals surface area contributed by atoms with E-state index in [9.17, 15) is 14.0 Å². The van der Waals surface area contributed by atoms with Crippen LogP contribution in [0.3, 0.4) is 0 Å². The van der Waals surface area contributed by atoms with Crippen molar-refractivity contribution in [2.75, 3.05) is 20.3 Å². The van der Waals surface area contributed by atoms with Crippen LogP contribution in [0.1, 0.15) is 16.9 Å². The molecule has 0 saturated heterocycles. The number of aromatic nitrogens is 2. The third kappa shape index (κ3) is 3.62. The van der Waals surface area contributed by atoms with Crippen LogP contribution in [0.2, 0.25) is 0 Å². The zero-order chi connectivity index (χ0) is 18.5. The molecule has 0 radical (unpaired) electrons. The zero-order valence-electron chi connectivity index (χ0n) is 14.2. The van der Waals surface area contributed by atoms with E-state index in [4.69, 9.17) is 4.74 Å². The molecule has 0 unspecified atom stereocenters. The van der Waals surface area contributed by atoms with Crippen LogP contribution < -0.4 is 10.7 Å². The van der Waals surface area contributed by atoms with E-state index in [1.807, 2.05) is 0 Å². The molecule has 1 amide bonds. The van der Waals surface area contributed by atoms with Gasteiger partial charge in [-0.2, -0.15) is 5.10 Å². The van der Waals surface area contributed by atoms with E-state index in [0.29, 0.717) is 36.2 Å². The molecule has 3 aromatic rings. The van der Waals surface area contributed by atoms with E-state index in [1.165, 1.54) is 16.8 Å². The van der Waals surface area contributed by atoms with Crippen LogP contribution >= 0.6 is 0 Å². The van der Waals surface area contributed by atoms with Gasteiger partial charge in [0.2, 0.25) is 5.43 Å². The summed E-state index contributed by atoms with van der Waals surface area (Å²) in [5.41, 5.74) is 0.449. The second kappa shape index (κ2) is 7.88. The molecule has 1 N–H and O–H groups in total. The number of nitrogens with one attached hydrogen (secondary N) is 1. The van der Waals surface area contributed by atoms with Gasteiger partial charge >= 0.3 is 0 Å². The number of para-hydroxylation sites is 1. The van der Waals surface area contributed by atoms with Crippen LogP contribution in [0.15, 0.2) is 53.3 Å². The molecule has 0 aliphatic rings. The molecule has 2 aromatic carbocycles. The van der Waals surface area contributed by atoms with Crippen molar-refractivity contribution >= 4 is 16.8 Å². The summed E-state index contributed by atoms with van der Waals surface area (Å²) >= 11 is 0. The Morgan fingerprint density at radius 1 is 1.19 bits per heavy atom. The van der Waals surface area contributed by atoms with E-state index in [1.54, 1.807) is 43.5 Å². The summed E-state index contributed by atoms with van der Waals surface area (Å²) in [7, 11) is 1.58. The fourth-order valence-electron chi connectivity index (χ4n) is 2.61. The Morgan fingerprint density at radius 2 is 1.92 bits per heavy atom. The third-order valence-electron chi connectivity index (χ3n) is 3.89. The van der Waals surface area contributed by atoms with Crippen molar-refractivity contribution in [3.63, 3.8) is 0 Å². The first-order chi connectivity index (χ1) is 12.6. The predicted octanol–water partition coefficient (Wildman–Crippen LogP) is 2.29. The van der Waals surface area contributed by atoms with Gasteiger partial charge in [-0.15, -0.1) is 0 Å². The van der Waals surface area contributed by atoms with Gasteiger partial charge < -0.3 is 10.1 Å². The Labute approximate surface area is 149 Å². The highest BCUT2D eigenvalue weighted by atomic mass is 19.1. The predicted molar refractivity (Wildman–Crippen MR) is 96.1 cm³/mol. The van der Waals surface area contributed by atoms with Crippen LogP contribution in [-0.4, -0.2) is 35.9 Å². The molecule has 1 aromatic heterocycles. The van der Waals surface area contributed by atoms with Gasteiger partial charge in [0.05, 0.1) is 16.6 Å². The molecule has 0 fully saturated rings. The maximum atomic E-state index is 13.2. The fraction of sp³-hybridized carbons (Fsp3) is 0.211. The second-order valence-electron chi connectivity index (χ2n) is 5.69. The number of rotatable bonds is 6. The van der Waals surface area contributed by atoms with Gasteiger partial charge in [0.15, 0.2) is 5.69 Å². The van der Waals surface area contributed by atoms with Crippen molar-refractivity contribution in [3.05, 3.63) is 70.3 Å². The van der Waals surface area contributed by atoms with Crippen LogP contribution in [-0.2, 0) is 4.74 Å². The standard InChI is InChI=1S/C19H18FN3O3/c1-26-12-4-11-21-19(25)17-18(24)15-5-2-3-6-16(15)23(22-17)14-9-7-13(20)8-10-14/h2-3,5-10H,4,11-12H2,1H3,(H,21,25). The molecular weight excluding hydrogens is 337 g/mol. The minimum absolute atomic E-state index is 0.203. The average molecular weight is 355 g/mol. The molecule has 26 heavy (non-hydrogen) atoms. The Morgan fingerprint density at radius 3 is 2.65 bits per heavy atom. The Kier molecular flexibility index (Phi) is 5.38. The number of benzene rings is 2. The largest absolute Gasteiger partial charge is 0.385 e. The smallest absolute Gasteiger partial charge is 0.275 e. The number of hydrogen-bond acceptors (Lipinski definition) is 4. The Bertz CT molecular complexity index is 983. The summed E-state index contributed by atoms with van der Waals surface area (Å²) in [6.45, 7) is 0.877. The highest BCUT2D eigenvalue weighted by molar-refractivity contribution is 5.95. The van der Waals surface area contributed by atoms with Gasteiger partial charge in [0, 0.05) is 20.3 Å².